The first-order valence-corrected chi connectivity index (χ1v) is 8.98. The molecule has 134 valence electrons. The Labute approximate surface area is 153 Å². The fraction of sp³-hybridized carbons (Fsp3) is 0.286. The molecule has 0 amide bonds. The number of furan rings is 1. The molecule has 5 heteroatoms. The number of aromatic nitrogens is 1. The SMILES string of the molecule is O[C@H](c1cccnc1)c1ccccc1N1CCN(Cc2ccco2)CC1. The van der Waals surface area contributed by atoms with Crippen molar-refractivity contribution in [3.8, 4) is 0 Å². The third-order valence-corrected chi connectivity index (χ3v) is 4.90. The molecule has 0 aliphatic carbocycles. The third-order valence-electron chi connectivity index (χ3n) is 4.90. The Balaban J connectivity index is 1.47. The third kappa shape index (κ3) is 3.64. The zero-order valence-corrected chi connectivity index (χ0v) is 14.7. The molecule has 2 aromatic heterocycles. The Hall–Kier alpha value is -2.63. The predicted molar refractivity (Wildman–Crippen MR) is 101 cm³/mol. The lowest BCUT2D eigenvalue weighted by molar-refractivity contribution is 0.217. The van der Waals surface area contributed by atoms with E-state index in [4.69, 9.17) is 4.42 Å². The van der Waals surface area contributed by atoms with E-state index < -0.39 is 6.10 Å². The Kier molecular flexibility index (Phi) is 5.00. The molecule has 0 bridgehead atoms. The second-order valence-electron chi connectivity index (χ2n) is 6.59. The lowest BCUT2D eigenvalue weighted by atomic mass is 10.0. The summed E-state index contributed by atoms with van der Waals surface area (Å²) in [5.41, 5.74) is 2.85. The van der Waals surface area contributed by atoms with Crippen LogP contribution in [0, 0.1) is 0 Å². The van der Waals surface area contributed by atoms with Crippen LogP contribution in [0.15, 0.2) is 71.6 Å². The number of nitrogens with zero attached hydrogens (tertiary/aromatic N) is 3. The molecule has 0 saturated carbocycles. The van der Waals surface area contributed by atoms with Gasteiger partial charge < -0.3 is 14.4 Å². The Bertz CT molecular complexity index is 812. The molecule has 1 aromatic carbocycles. The molecule has 1 aliphatic heterocycles. The standard InChI is InChI=1S/C21H23N3O2/c25-21(17-5-3-9-22-15-17)19-7-1-2-8-20(19)24-12-10-23(11-13-24)16-18-6-4-14-26-18/h1-9,14-15,21,25H,10-13,16H2/t21-/m1/s1. The maximum Gasteiger partial charge on any atom is 0.117 e. The van der Waals surface area contributed by atoms with Crippen LogP contribution in [0.3, 0.4) is 0 Å². The van der Waals surface area contributed by atoms with Crippen molar-refractivity contribution >= 4 is 5.69 Å². The van der Waals surface area contributed by atoms with E-state index in [1.807, 2.05) is 42.5 Å². The normalized spacial score (nSPS) is 16.6. The van der Waals surface area contributed by atoms with Gasteiger partial charge in [-0.3, -0.25) is 9.88 Å². The van der Waals surface area contributed by atoms with E-state index in [9.17, 15) is 5.11 Å². The van der Waals surface area contributed by atoms with Crippen LogP contribution in [0.25, 0.3) is 0 Å². The fourth-order valence-corrected chi connectivity index (χ4v) is 3.49. The number of rotatable bonds is 5. The minimum Gasteiger partial charge on any atom is -0.468 e. The van der Waals surface area contributed by atoms with Crippen LogP contribution in [0.2, 0.25) is 0 Å². The summed E-state index contributed by atoms with van der Waals surface area (Å²) in [6.07, 6.45) is 4.51. The molecule has 1 aliphatic rings. The molecule has 0 radical (unpaired) electrons. The van der Waals surface area contributed by atoms with E-state index in [1.165, 1.54) is 0 Å². The van der Waals surface area contributed by atoms with Gasteiger partial charge in [0.2, 0.25) is 0 Å². The number of hydrogen-bond acceptors (Lipinski definition) is 5. The molecule has 3 heterocycles. The summed E-state index contributed by atoms with van der Waals surface area (Å²) >= 11 is 0. The second kappa shape index (κ2) is 7.72. The van der Waals surface area contributed by atoms with Crippen molar-refractivity contribution in [2.24, 2.45) is 0 Å². The van der Waals surface area contributed by atoms with E-state index in [-0.39, 0.29) is 0 Å². The maximum atomic E-state index is 10.8. The molecule has 4 rings (SSSR count). The highest BCUT2D eigenvalue weighted by atomic mass is 16.3. The summed E-state index contributed by atoms with van der Waals surface area (Å²) in [5.74, 6) is 1.01. The van der Waals surface area contributed by atoms with Gasteiger partial charge in [0.1, 0.15) is 11.9 Å². The van der Waals surface area contributed by atoms with Crippen LogP contribution >= 0.6 is 0 Å². The number of benzene rings is 1. The van der Waals surface area contributed by atoms with Gasteiger partial charge in [-0.05, 0) is 24.3 Å². The molecule has 1 N–H and O–H groups in total. The van der Waals surface area contributed by atoms with Crippen molar-refractivity contribution in [3.63, 3.8) is 0 Å². The topological polar surface area (TPSA) is 52.7 Å². The monoisotopic (exact) mass is 349 g/mol. The highest BCUT2D eigenvalue weighted by molar-refractivity contribution is 5.56. The van der Waals surface area contributed by atoms with Gasteiger partial charge in [-0.2, -0.15) is 0 Å². The number of aliphatic hydroxyl groups is 1. The zero-order valence-electron chi connectivity index (χ0n) is 14.7. The van der Waals surface area contributed by atoms with Gasteiger partial charge in [0.25, 0.3) is 0 Å². The van der Waals surface area contributed by atoms with Gasteiger partial charge in [0.05, 0.1) is 12.8 Å². The molecular formula is C21H23N3O2. The van der Waals surface area contributed by atoms with Gasteiger partial charge in [0.15, 0.2) is 0 Å². The molecule has 1 atom stereocenters. The highest BCUT2D eigenvalue weighted by Gasteiger charge is 2.22. The average Bonchev–Trinajstić information content (AvgIpc) is 3.22. The molecular weight excluding hydrogens is 326 g/mol. The minimum atomic E-state index is -0.666. The number of para-hydroxylation sites is 1. The summed E-state index contributed by atoms with van der Waals surface area (Å²) in [5, 5.41) is 10.8. The molecule has 0 spiro atoms. The summed E-state index contributed by atoms with van der Waals surface area (Å²) in [6, 6.07) is 15.8. The van der Waals surface area contributed by atoms with Crippen LogP contribution < -0.4 is 4.90 Å². The lowest BCUT2D eigenvalue weighted by Gasteiger charge is -2.37. The predicted octanol–water partition coefficient (Wildman–Crippen LogP) is 3.08. The van der Waals surface area contributed by atoms with Crippen LogP contribution in [0.4, 0.5) is 5.69 Å². The van der Waals surface area contributed by atoms with Gasteiger partial charge >= 0.3 is 0 Å². The van der Waals surface area contributed by atoms with Crippen molar-refractivity contribution in [1.29, 1.82) is 0 Å². The first-order valence-electron chi connectivity index (χ1n) is 8.98. The molecule has 3 aromatic rings. The average molecular weight is 349 g/mol. The zero-order chi connectivity index (χ0) is 17.8. The lowest BCUT2D eigenvalue weighted by Crippen LogP contribution is -2.46. The first-order chi connectivity index (χ1) is 12.8. The van der Waals surface area contributed by atoms with Crippen molar-refractivity contribution in [1.82, 2.24) is 9.88 Å². The summed E-state index contributed by atoms with van der Waals surface area (Å²) in [4.78, 5) is 8.88. The summed E-state index contributed by atoms with van der Waals surface area (Å²) < 4.78 is 5.45. The fourth-order valence-electron chi connectivity index (χ4n) is 3.49. The minimum absolute atomic E-state index is 0.666. The number of aliphatic hydroxyl groups excluding tert-OH is 1. The van der Waals surface area contributed by atoms with Crippen LogP contribution in [0.1, 0.15) is 23.0 Å². The van der Waals surface area contributed by atoms with Gasteiger partial charge in [-0.1, -0.05) is 24.3 Å². The van der Waals surface area contributed by atoms with E-state index >= 15 is 0 Å². The van der Waals surface area contributed by atoms with Crippen molar-refractivity contribution in [2.75, 3.05) is 31.1 Å². The van der Waals surface area contributed by atoms with Gasteiger partial charge in [0, 0.05) is 55.4 Å². The number of piperazine rings is 1. The largest absolute Gasteiger partial charge is 0.468 e. The number of hydrogen-bond donors (Lipinski definition) is 1. The molecule has 5 nitrogen and oxygen atoms in total. The van der Waals surface area contributed by atoms with Crippen molar-refractivity contribution in [3.05, 3.63) is 84.1 Å². The molecule has 0 unspecified atom stereocenters. The number of pyridine rings is 1. The van der Waals surface area contributed by atoms with Crippen molar-refractivity contribution in [2.45, 2.75) is 12.6 Å². The van der Waals surface area contributed by atoms with Gasteiger partial charge in [-0.25, -0.2) is 0 Å². The van der Waals surface area contributed by atoms with E-state index in [0.717, 1.165) is 55.3 Å². The molecule has 26 heavy (non-hydrogen) atoms. The Morgan fingerprint density at radius 2 is 1.85 bits per heavy atom. The second-order valence-corrected chi connectivity index (χ2v) is 6.59. The Morgan fingerprint density at radius 1 is 1.00 bits per heavy atom. The van der Waals surface area contributed by atoms with Crippen LogP contribution in [0.5, 0.6) is 0 Å². The highest BCUT2D eigenvalue weighted by Crippen LogP contribution is 2.31. The van der Waals surface area contributed by atoms with E-state index in [0.29, 0.717) is 0 Å². The van der Waals surface area contributed by atoms with Crippen molar-refractivity contribution < 1.29 is 9.52 Å². The van der Waals surface area contributed by atoms with Crippen LogP contribution in [-0.2, 0) is 6.54 Å². The van der Waals surface area contributed by atoms with Crippen LogP contribution in [-0.4, -0.2) is 41.2 Å². The summed E-state index contributed by atoms with van der Waals surface area (Å²) in [6.45, 7) is 4.64. The number of anilines is 1. The Morgan fingerprint density at radius 3 is 2.58 bits per heavy atom. The van der Waals surface area contributed by atoms with Gasteiger partial charge in [-0.15, -0.1) is 0 Å². The molecule has 1 fully saturated rings. The summed E-state index contributed by atoms with van der Waals surface area (Å²) in [7, 11) is 0. The van der Waals surface area contributed by atoms with E-state index in [1.54, 1.807) is 18.7 Å². The van der Waals surface area contributed by atoms with E-state index in [2.05, 4.69) is 20.9 Å². The quantitative estimate of drug-likeness (QED) is 0.767. The molecule has 1 saturated heterocycles. The first kappa shape index (κ1) is 16.8. The maximum absolute atomic E-state index is 10.8. The smallest absolute Gasteiger partial charge is 0.117 e.